The maximum absolute atomic E-state index is 13.3. The van der Waals surface area contributed by atoms with Gasteiger partial charge in [0.05, 0.1) is 19.7 Å². The summed E-state index contributed by atoms with van der Waals surface area (Å²) in [6.45, 7) is 13.6. The summed E-state index contributed by atoms with van der Waals surface area (Å²) in [7, 11) is 1.58. The first kappa shape index (κ1) is 31.3. The molecule has 0 spiro atoms. The Bertz CT molecular complexity index is 996. The molecule has 11 heteroatoms. The monoisotopic (exact) mass is 563 g/mol. The third-order valence-corrected chi connectivity index (χ3v) is 6.53. The van der Waals surface area contributed by atoms with Gasteiger partial charge < -0.3 is 33.9 Å². The van der Waals surface area contributed by atoms with Gasteiger partial charge in [-0.05, 0) is 91.6 Å². The zero-order valence-corrected chi connectivity index (χ0v) is 24.9. The molecule has 2 amide bonds. The van der Waals surface area contributed by atoms with E-state index in [1.54, 1.807) is 48.7 Å². The molecule has 2 aliphatic rings. The lowest BCUT2D eigenvalue weighted by molar-refractivity contribution is -0.0518. The molecule has 2 saturated heterocycles. The molecule has 11 nitrogen and oxygen atoms in total. The largest absolute Gasteiger partial charge is 0.509 e. The molecule has 0 unspecified atom stereocenters. The minimum absolute atomic E-state index is 0.0271. The summed E-state index contributed by atoms with van der Waals surface area (Å²) in [5, 5.41) is 2.80. The highest BCUT2D eigenvalue weighted by molar-refractivity contribution is 5.71. The van der Waals surface area contributed by atoms with Crippen LogP contribution in [0.5, 0.6) is 5.75 Å². The van der Waals surface area contributed by atoms with E-state index < -0.39 is 47.8 Å². The van der Waals surface area contributed by atoms with E-state index in [4.69, 9.17) is 23.7 Å². The van der Waals surface area contributed by atoms with Crippen molar-refractivity contribution < 1.29 is 38.1 Å². The van der Waals surface area contributed by atoms with Crippen LogP contribution in [-0.2, 0) is 25.4 Å². The van der Waals surface area contributed by atoms with Gasteiger partial charge in [0.1, 0.15) is 17.0 Å². The van der Waals surface area contributed by atoms with Gasteiger partial charge in [-0.3, -0.25) is 4.90 Å². The SMILES string of the molecule is COc1ccc(C[C@@H]2[C@H](OC(=O)NCCN3CCCC3)[C@@H](OC(=O)OC(C)(C)C)CN2C(=O)OC(C)(C)C)cc1. The van der Waals surface area contributed by atoms with Crippen molar-refractivity contribution in [2.75, 3.05) is 39.8 Å². The molecule has 0 bridgehead atoms. The van der Waals surface area contributed by atoms with Crippen molar-refractivity contribution >= 4 is 18.3 Å². The maximum atomic E-state index is 13.3. The Morgan fingerprint density at radius 2 is 1.55 bits per heavy atom. The number of benzene rings is 1. The van der Waals surface area contributed by atoms with Crippen LogP contribution in [0.15, 0.2) is 24.3 Å². The molecular formula is C29H45N3O8. The fraction of sp³-hybridized carbons (Fsp3) is 0.690. The minimum Gasteiger partial charge on any atom is -0.497 e. The number of hydrogen-bond acceptors (Lipinski definition) is 9. The number of amides is 2. The van der Waals surface area contributed by atoms with Crippen LogP contribution in [0.3, 0.4) is 0 Å². The number of carbonyl (C=O) groups is 3. The van der Waals surface area contributed by atoms with Gasteiger partial charge in [0.25, 0.3) is 0 Å². The number of hydrogen-bond donors (Lipinski definition) is 1. The molecule has 1 aromatic rings. The van der Waals surface area contributed by atoms with E-state index in [0.29, 0.717) is 18.7 Å². The molecule has 3 rings (SSSR count). The number of methoxy groups -OCH3 is 1. The van der Waals surface area contributed by atoms with E-state index in [9.17, 15) is 14.4 Å². The first-order valence-corrected chi connectivity index (χ1v) is 13.9. The average Bonchev–Trinajstić information content (AvgIpc) is 3.46. The lowest BCUT2D eigenvalue weighted by atomic mass is 10.0. The number of nitrogens with zero attached hydrogens (tertiary/aromatic N) is 2. The van der Waals surface area contributed by atoms with E-state index in [1.165, 1.54) is 4.90 Å². The molecule has 0 aromatic heterocycles. The molecule has 2 fully saturated rings. The molecule has 1 aromatic carbocycles. The second kappa shape index (κ2) is 13.4. The summed E-state index contributed by atoms with van der Waals surface area (Å²) in [6, 6.07) is 6.72. The topological polar surface area (TPSA) is 116 Å². The Hall–Kier alpha value is -3.21. The van der Waals surface area contributed by atoms with Crippen LogP contribution in [0, 0.1) is 0 Å². The summed E-state index contributed by atoms with van der Waals surface area (Å²) >= 11 is 0. The Labute approximate surface area is 237 Å². The smallest absolute Gasteiger partial charge is 0.497 e. The Balaban J connectivity index is 1.83. The van der Waals surface area contributed by atoms with E-state index in [0.717, 1.165) is 38.0 Å². The molecule has 2 heterocycles. The van der Waals surface area contributed by atoms with E-state index in [2.05, 4.69) is 10.2 Å². The molecule has 0 saturated carbocycles. The standard InChI is InChI=1S/C29H45N3O8/c1-28(2,3)39-26(34)32-19-23(37-27(35)40-29(4,5)6)24(22(32)18-20-10-12-21(36-7)13-11-20)38-25(33)30-14-17-31-15-8-9-16-31/h10-13,22-24H,8-9,14-19H2,1-7H3,(H,30,33)/t22-,23+,24+/m1/s1. The fourth-order valence-electron chi connectivity index (χ4n) is 4.76. The molecule has 1 N–H and O–H groups in total. The van der Waals surface area contributed by atoms with Crippen LogP contribution in [0.4, 0.5) is 14.4 Å². The van der Waals surface area contributed by atoms with E-state index in [1.807, 2.05) is 24.3 Å². The molecule has 0 radical (unpaired) electrons. The summed E-state index contributed by atoms with van der Waals surface area (Å²) in [5.74, 6) is 0.690. The van der Waals surface area contributed by atoms with Gasteiger partial charge in [-0.2, -0.15) is 0 Å². The average molecular weight is 564 g/mol. The molecule has 0 aliphatic carbocycles. The van der Waals surface area contributed by atoms with Crippen LogP contribution in [0.1, 0.15) is 59.9 Å². The van der Waals surface area contributed by atoms with Gasteiger partial charge in [-0.1, -0.05) is 12.1 Å². The van der Waals surface area contributed by atoms with Crippen molar-refractivity contribution in [3.8, 4) is 5.75 Å². The lowest BCUT2D eigenvalue weighted by Crippen LogP contribution is -2.46. The van der Waals surface area contributed by atoms with Crippen LogP contribution in [0.2, 0.25) is 0 Å². The number of ether oxygens (including phenoxy) is 5. The predicted octanol–water partition coefficient (Wildman–Crippen LogP) is 4.37. The van der Waals surface area contributed by atoms with Crippen molar-refractivity contribution in [1.29, 1.82) is 0 Å². The van der Waals surface area contributed by atoms with Crippen molar-refractivity contribution in [2.45, 2.75) is 90.3 Å². The number of carbonyl (C=O) groups excluding carboxylic acids is 3. The third-order valence-electron chi connectivity index (χ3n) is 6.53. The maximum Gasteiger partial charge on any atom is 0.509 e. The van der Waals surface area contributed by atoms with Gasteiger partial charge in [0, 0.05) is 13.1 Å². The highest BCUT2D eigenvalue weighted by Gasteiger charge is 2.50. The zero-order chi connectivity index (χ0) is 29.5. The second-order valence-corrected chi connectivity index (χ2v) is 12.2. The zero-order valence-electron chi connectivity index (χ0n) is 24.9. The van der Waals surface area contributed by atoms with Crippen LogP contribution in [-0.4, -0.2) is 97.4 Å². The molecule has 2 aliphatic heterocycles. The summed E-state index contributed by atoms with van der Waals surface area (Å²) in [5.41, 5.74) is -0.665. The van der Waals surface area contributed by atoms with Gasteiger partial charge in [0.15, 0.2) is 12.2 Å². The van der Waals surface area contributed by atoms with E-state index >= 15 is 0 Å². The van der Waals surface area contributed by atoms with Gasteiger partial charge >= 0.3 is 18.3 Å². The second-order valence-electron chi connectivity index (χ2n) is 12.2. The number of likely N-dealkylation sites (tertiary alicyclic amines) is 2. The van der Waals surface area contributed by atoms with Crippen LogP contribution >= 0.6 is 0 Å². The number of rotatable bonds is 8. The fourth-order valence-corrected chi connectivity index (χ4v) is 4.76. The highest BCUT2D eigenvalue weighted by Crippen LogP contribution is 2.30. The molecule has 3 atom stereocenters. The third kappa shape index (κ3) is 9.76. The number of nitrogens with one attached hydrogen (secondary N) is 1. The van der Waals surface area contributed by atoms with Gasteiger partial charge in [0.2, 0.25) is 0 Å². The quantitative estimate of drug-likeness (QED) is 0.364. The minimum atomic E-state index is -0.964. The van der Waals surface area contributed by atoms with E-state index in [-0.39, 0.29) is 6.54 Å². The van der Waals surface area contributed by atoms with Crippen molar-refractivity contribution in [2.24, 2.45) is 0 Å². The van der Waals surface area contributed by atoms with Crippen molar-refractivity contribution in [1.82, 2.24) is 15.1 Å². The molecular weight excluding hydrogens is 518 g/mol. The Kier molecular flexibility index (Phi) is 10.5. The van der Waals surface area contributed by atoms with Crippen molar-refractivity contribution in [3.05, 3.63) is 29.8 Å². The van der Waals surface area contributed by atoms with Crippen LogP contribution in [0.25, 0.3) is 0 Å². The summed E-state index contributed by atoms with van der Waals surface area (Å²) in [6.07, 6.45) is -1.44. The highest BCUT2D eigenvalue weighted by atomic mass is 16.7. The molecule has 224 valence electrons. The number of alkyl carbamates (subject to hydrolysis) is 1. The Morgan fingerprint density at radius 3 is 2.12 bits per heavy atom. The predicted molar refractivity (Wildman–Crippen MR) is 148 cm³/mol. The summed E-state index contributed by atoms with van der Waals surface area (Å²) < 4.78 is 27.8. The normalized spacial score (nSPS) is 21.6. The van der Waals surface area contributed by atoms with Gasteiger partial charge in [-0.25, -0.2) is 14.4 Å². The summed E-state index contributed by atoms with van der Waals surface area (Å²) in [4.78, 5) is 42.7. The lowest BCUT2D eigenvalue weighted by Gasteiger charge is -2.30. The Morgan fingerprint density at radius 1 is 0.925 bits per heavy atom. The van der Waals surface area contributed by atoms with Crippen molar-refractivity contribution in [3.63, 3.8) is 0 Å². The van der Waals surface area contributed by atoms with Crippen LogP contribution < -0.4 is 10.1 Å². The molecule has 40 heavy (non-hydrogen) atoms. The van der Waals surface area contributed by atoms with Gasteiger partial charge in [-0.15, -0.1) is 0 Å². The first-order chi connectivity index (χ1) is 18.7. The first-order valence-electron chi connectivity index (χ1n) is 13.9.